The van der Waals surface area contributed by atoms with Crippen molar-refractivity contribution in [3.05, 3.63) is 0 Å². The fourth-order valence-corrected chi connectivity index (χ4v) is 2.31. The number of carbonyl (C=O) groups is 1. The summed E-state index contributed by atoms with van der Waals surface area (Å²) in [5.74, 6) is 0.488. The van der Waals surface area contributed by atoms with Crippen molar-refractivity contribution in [2.24, 2.45) is 5.92 Å². The highest BCUT2D eigenvalue weighted by Gasteiger charge is 2.38. The van der Waals surface area contributed by atoms with Gasteiger partial charge in [0.1, 0.15) is 0 Å². The molecule has 1 saturated heterocycles. The first-order chi connectivity index (χ1) is 7.34. The molecule has 0 aromatic rings. The molecule has 1 heterocycles. The fourth-order valence-electron chi connectivity index (χ4n) is 1.94. The lowest BCUT2D eigenvalue weighted by atomic mass is 10.1. The number of nitrogens with one attached hydrogen (secondary N) is 1. The fraction of sp³-hybridized carbons (Fsp3) is 0.909. The minimum Gasteiger partial charge on any atom is -0.324 e. The standard InChI is InChI=1S/C11H22N2O2S/c1-7(2)10-12-9(4)11(14)13(10)6-8(3)16(5)15/h7-10,12H,6H2,1-5H3. The smallest absolute Gasteiger partial charge is 0.240 e. The van der Waals surface area contributed by atoms with Gasteiger partial charge in [0.15, 0.2) is 0 Å². The Bertz CT molecular complexity index is 294. The molecule has 1 aliphatic rings. The molecule has 1 rings (SSSR count). The van der Waals surface area contributed by atoms with Crippen molar-refractivity contribution < 1.29 is 9.00 Å². The van der Waals surface area contributed by atoms with Gasteiger partial charge in [-0.05, 0) is 19.8 Å². The number of rotatable bonds is 4. The third kappa shape index (κ3) is 2.83. The van der Waals surface area contributed by atoms with Crippen molar-refractivity contribution in [1.82, 2.24) is 10.2 Å². The second-order valence-electron chi connectivity index (χ2n) is 4.88. The van der Waals surface area contributed by atoms with E-state index in [1.807, 2.05) is 18.7 Å². The second kappa shape index (κ2) is 5.27. The van der Waals surface area contributed by atoms with Crippen molar-refractivity contribution in [3.63, 3.8) is 0 Å². The Labute approximate surface area is 100 Å². The van der Waals surface area contributed by atoms with Crippen LogP contribution >= 0.6 is 0 Å². The van der Waals surface area contributed by atoms with Crippen LogP contribution in [0.5, 0.6) is 0 Å². The summed E-state index contributed by atoms with van der Waals surface area (Å²) in [5.41, 5.74) is 0. The molecule has 4 atom stereocenters. The maximum absolute atomic E-state index is 11.9. The van der Waals surface area contributed by atoms with E-state index in [0.29, 0.717) is 12.5 Å². The Balaban J connectivity index is 2.74. The van der Waals surface area contributed by atoms with E-state index in [4.69, 9.17) is 0 Å². The van der Waals surface area contributed by atoms with Crippen LogP contribution in [0.15, 0.2) is 0 Å². The van der Waals surface area contributed by atoms with Crippen LogP contribution < -0.4 is 5.32 Å². The topological polar surface area (TPSA) is 49.4 Å². The molecule has 0 aromatic heterocycles. The number of hydrogen-bond acceptors (Lipinski definition) is 3. The highest BCUT2D eigenvalue weighted by atomic mass is 32.2. The molecular weight excluding hydrogens is 224 g/mol. The summed E-state index contributed by atoms with van der Waals surface area (Å²) in [4.78, 5) is 13.8. The number of amides is 1. The molecule has 1 fully saturated rings. The van der Waals surface area contributed by atoms with Gasteiger partial charge in [-0.2, -0.15) is 0 Å². The van der Waals surface area contributed by atoms with E-state index in [0.717, 1.165) is 0 Å². The van der Waals surface area contributed by atoms with E-state index in [9.17, 15) is 9.00 Å². The lowest BCUT2D eigenvalue weighted by molar-refractivity contribution is -0.130. The summed E-state index contributed by atoms with van der Waals surface area (Å²) in [7, 11) is -0.882. The Hall–Kier alpha value is -0.420. The first-order valence-electron chi connectivity index (χ1n) is 5.73. The molecular formula is C11H22N2O2S. The molecule has 94 valence electrons. The van der Waals surface area contributed by atoms with Crippen LogP contribution in [-0.4, -0.2) is 45.3 Å². The highest BCUT2D eigenvalue weighted by molar-refractivity contribution is 7.84. The van der Waals surface area contributed by atoms with Crippen LogP contribution in [0.2, 0.25) is 0 Å². The van der Waals surface area contributed by atoms with Crippen molar-refractivity contribution in [2.45, 2.75) is 45.2 Å². The van der Waals surface area contributed by atoms with Crippen molar-refractivity contribution >= 4 is 16.7 Å². The molecule has 0 aliphatic carbocycles. The lowest BCUT2D eigenvalue weighted by Gasteiger charge is -2.29. The van der Waals surface area contributed by atoms with Gasteiger partial charge in [0.2, 0.25) is 5.91 Å². The van der Waals surface area contributed by atoms with Crippen molar-refractivity contribution in [2.75, 3.05) is 12.8 Å². The highest BCUT2D eigenvalue weighted by Crippen LogP contribution is 2.18. The predicted molar refractivity (Wildman–Crippen MR) is 66.5 cm³/mol. The number of hydrogen-bond donors (Lipinski definition) is 1. The van der Waals surface area contributed by atoms with Gasteiger partial charge in [-0.1, -0.05) is 13.8 Å². The molecule has 4 nitrogen and oxygen atoms in total. The normalized spacial score (nSPS) is 29.9. The molecule has 5 heteroatoms. The summed E-state index contributed by atoms with van der Waals surface area (Å²) in [6.07, 6.45) is 1.76. The minimum atomic E-state index is -0.882. The van der Waals surface area contributed by atoms with Crippen LogP contribution in [0.4, 0.5) is 0 Å². The average Bonchev–Trinajstić information content (AvgIpc) is 2.45. The first kappa shape index (κ1) is 13.6. The van der Waals surface area contributed by atoms with Crippen LogP contribution in [0, 0.1) is 5.92 Å². The van der Waals surface area contributed by atoms with Gasteiger partial charge in [0.25, 0.3) is 0 Å². The van der Waals surface area contributed by atoms with Gasteiger partial charge in [0.05, 0.1) is 12.2 Å². The van der Waals surface area contributed by atoms with Crippen molar-refractivity contribution in [1.29, 1.82) is 0 Å². The summed E-state index contributed by atoms with van der Waals surface area (Å²) in [5, 5.41) is 3.30. The zero-order valence-electron chi connectivity index (χ0n) is 10.7. The molecule has 1 aliphatic heterocycles. The van der Waals surface area contributed by atoms with Gasteiger partial charge in [-0.25, -0.2) is 0 Å². The van der Waals surface area contributed by atoms with E-state index < -0.39 is 10.8 Å². The summed E-state index contributed by atoms with van der Waals surface area (Å²) in [6.45, 7) is 8.55. The first-order valence-corrected chi connectivity index (χ1v) is 7.35. The largest absolute Gasteiger partial charge is 0.324 e. The molecule has 0 saturated carbocycles. The molecule has 1 amide bonds. The molecule has 16 heavy (non-hydrogen) atoms. The summed E-state index contributed by atoms with van der Waals surface area (Å²) in [6, 6.07) is -0.120. The third-order valence-corrected chi connectivity index (χ3v) is 4.34. The van der Waals surface area contributed by atoms with E-state index >= 15 is 0 Å². The molecule has 0 spiro atoms. The maximum Gasteiger partial charge on any atom is 0.240 e. The van der Waals surface area contributed by atoms with Crippen LogP contribution in [0.1, 0.15) is 27.7 Å². The van der Waals surface area contributed by atoms with Gasteiger partial charge < -0.3 is 4.90 Å². The quantitative estimate of drug-likeness (QED) is 0.788. The van der Waals surface area contributed by atoms with Gasteiger partial charge in [-0.15, -0.1) is 0 Å². The van der Waals surface area contributed by atoms with Crippen LogP contribution in [-0.2, 0) is 15.6 Å². The lowest BCUT2D eigenvalue weighted by Crippen LogP contribution is -2.45. The maximum atomic E-state index is 11.9. The summed E-state index contributed by atoms with van der Waals surface area (Å²) >= 11 is 0. The third-order valence-electron chi connectivity index (χ3n) is 3.06. The zero-order valence-corrected chi connectivity index (χ0v) is 11.5. The molecule has 0 aromatic carbocycles. The van der Waals surface area contributed by atoms with E-state index in [-0.39, 0.29) is 23.4 Å². The Morgan fingerprint density at radius 2 is 2.00 bits per heavy atom. The zero-order chi connectivity index (χ0) is 12.5. The molecule has 0 bridgehead atoms. The number of carbonyl (C=O) groups excluding carboxylic acids is 1. The Morgan fingerprint density at radius 3 is 2.44 bits per heavy atom. The summed E-state index contributed by atoms with van der Waals surface area (Å²) < 4.78 is 11.3. The van der Waals surface area contributed by atoms with Crippen LogP contribution in [0.25, 0.3) is 0 Å². The van der Waals surface area contributed by atoms with E-state index in [1.165, 1.54) is 0 Å². The van der Waals surface area contributed by atoms with Gasteiger partial charge in [0, 0.05) is 28.9 Å². The number of nitrogens with zero attached hydrogens (tertiary/aromatic N) is 1. The Morgan fingerprint density at radius 1 is 1.44 bits per heavy atom. The van der Waals surface area contributed by atoms with Gasteiger partial charge >= 0.3 is 0 Å². The monoisotopic (exact) mass is 246 g/mol. The van der Waals surface area contributed by atoms with Gasteiger partial charge in [-0.3, -0.25) is 14.3 Å². The minimum absolute atomic E-state index is 0.0253. The van der Waals surface area contributed by atoms with E-state index in [1.54, 1.807) is 6.26 Å². The second-order valence-corrected chi connectivity index (χ2v) is 6.68. The molecule has 4 unspecified atom stereocenters. The van der Waals surface area contributed by atoms with E-state index in [2.05, 4.69) is 19.2 Å². The average molecular weight is 246 g/mol. The molecule has 1 N–H and O–H groups in total. The predicted octanol–water partition coefficient (Wildman–Crippen LogP) is 0.556. The molecule has 0 radical (unpaired) electrons. The van der Waals surface area contributed by atoms with Crippen molar-refractivity contribution in [3.8, 4) is 0 Å². The SMILES string of the molecule is CC1NC(C(C)C)N(CC(C)S(C)=O)C1=O. The Kier molecular flexibility index (Phi) is 4.50. The van der Waals surface area contributed by atoms with Crippen LogP contribution in [0.3, 0.4) is 0 Å².